The summed E-state index contributed by atoms with van der Waals surface area (Å²) in [4.78, 5) is 4.33. The fourth-order valence-corrected chi connectivity index (χ4v) is 2.55. The highest BCUT2D eigenvalue weighted by Gasteiger charge is 2.07. The number of hydrogen-bond acceptors (Lipinski definition) is 3. The van der Waals surface area contributed by atoms with E-state index in [0.29, 0.717) is 5.92 Å². The minimum Gasteiger partial charge on any atom is -0.377 e. The number of anilines is 1. The molecule has 0 amide bonds. The highest BCUT2D eigenvalue weighted by molar-refractivity contribution is 7.07. The van der Waals surface area contributed by atoms with Crippen LogP contribution in [-0.4, -0.2) is 4.98 Å². The van der Waals surface area contributed by atoms with Gasteiger partial charge in [0.25, 0.3) is 0 Å². The summed E-state index contributed by atoms with van der Waals surface area (Å²) in [6, 6.07) is 8.99. The van der Waals surface area contributed by atoms with Gasteiger partial charge in [0.05, 0.1) is 17.2 Å². The molecule has 1 aromatic carbocycles. The van der Waals surface area contributed by atoms with Gasteiger partial charge in [-0.25, -0.2) is 4.98 Å². The maximum atomic E-state index is 4.33. The van der Waals surface area contributed by atoms with Gasteiger partial charge in [0.1, 0.15) is 0 Å². The molecule has 2 aromatic rings. The quantitative estimate of drug-likeness (QED) is 0.833. The third-order valence-electron chi connectivity index (χ3n) is 3.37. The smallest absolute Gasteiger partial charge is 0.0795 e. The van der Waals surface area contributed by atoms with E-state index in [2.05, 4.69) is 60.7 Å². The molecule has 0 saturated carbocycles. The molecule has 0 bridgehead atoms. The number of rotatable bonds is 5. The van der Waals surface area contributed by atoms with E-state index in [1.165, 1.54) is 12.0 Å². The van der Waals surface area contributed by atoms with Crippen molar-refractivity contribution in [2.75, 3.05) is 5.32 Å². The predicted octanol–water partition coefficient (Wildman–Crippen LogP) is 4.83. The molecule has 3 heteroatoms. The van der Waals surface area contributed by atoms with Crippen molar-refractivity contribution in [2.45, 2.75) is 39.2 Å². The molecule has 96 valence electrons. The zero-order chi connectivity index (χ0) is 13.0. The van der Waals surface area contributed by atoms with Crippen LogP contribution in [0.25, 0.3) is 0 Å². The van der Waals surface area contributed by atoms with E-state index in [1.807, 2.05) is 5.51 Å². The van der Waals surface area contributed by atoms with Crippen molar-refractivity contribution < 1.29 is 0 Å². The lowest BCUT2D eigenvalue weighted by Gasteiger charge is -2.14. The molecule has 0 aliphatic rings. The van der Waals surface area contributed by atoms with Crippen LogP contribution in [0.4, 0.5) is 5.69 Å². The lowest BCUT2D eigenvalue weighted by molar-refractivity contribution is 0.733. The van der Waals surface area contributed by atoms with E-state index >= 15 is 0 Å². The van der Waals surface area contributed by atoms with Crippen molar-refractivity contribution in [1.29, 1.82) is 0 Å². The third kappa shape index (κ3) is 3.10. The lowest BCUT2D eigenvalue weighted by Crippen LogP contribution is -2.06. The van der Waals surface area contributed by atoms with Crippen LogP contribution < -0.4 is 5.32 Å². The SMILES string of the molecule is CCC(C)c1ccc(NC(C)c2cscn2)cc1. The van der Waals surface area contributed by atoms with Crippen molar-refractivity contribution in [3.8, 4) is 0 Å². The van der Waals surface area contributed by atoms with Crippen LogP contribution in [0.2, 0.25) is 0 Å². The average molecular weight is 260 g/mol. The van der Waals surface area contributed by atoms with E-state index in [-0.39, 0.29) is 6.04 Å². The maximum Gasteiger partial charge on any atom is 0.0795 e. The standard InChI is InChI=1S/C15H20N2S/c1-4-11(2)13-5-7-14(8-6-13)17-12(3)15-9-18-10-16-15/h5-12,17H,4H2,1-3H3. The Morgan fingerprint density at radius 2 is 1.94 bits per heavy atom. The van der Waals surface area contributed by atoms with Gasteiger partial charge in [0.15, 0.2) is 0 Å². The number of thiazole rings is 1. The Kier molecular flexibility index (Phi) is 4.37. The molecule has 2 atom stereocenters. The number of nitrogens with zero attached hydrogens (tertiary/aromatic N) is 1. The number of hydrogen-bond donors (Lipinski definition) is 1. The average Bonchev–Trinajstić information content (AvgIpc) is 2.92. The zero-order valence-electron chi connectivity index (χ0n) is 11.2. The first-order valence-electron chi connectivity index (χ1n) is 6.45. The van der Waals surface area contributed by atoms with Crippen LogP contribution in [0.3, 0.4) is 0 Å². The summed E-state index contributed by atoms with van der Waals surface area (Å²) in [5.41, 5.74) is 5.54. The van der Waals surface area contributed by atoms with Crippen LogP contribution in [0, 0.1) is 0 Å². The third-order valence-corrected chi connectivity index (χ3v) is 3.98. The lowest BCUT2D eigenvalue weighted by atomic mass is 9.98. The second kappa shape index (κ2) is 6.01. The molecule has 1 heterocycles. The molecule has 2 nitrogen and oxygen atoms in total. The van der Waals surface area contributed by atoms with Gasteiger partial charge >= 0.3 is 0 Å². The van der Waals surface area contributed by atoms with Crippen LogP contribution in [0.5, 0.6) is 0 Å². The highest BCUT2D eigenvalue weighted by Crippen LogP contribution is 2.23. The van der Waals surface area contributed by atoms with E-state index in [1.54, 1.807) is 11.3 Å². The maximum absolute atomic E-state index is 4.33. The van der Waals surface area contributed by atoms with Crippen molar-refractivity contribution in [3.63, 3.8) is 0 Å². The topological polar surface area (TPSA) is 24.9 Å². The van der Waals surface area contributed by atoms with Crippen molar-refractivity contribution >= 4 is 17.0 Å². The summed E-state index contributed by atoms with van der Waals surface area (Å²) < 4.78 is 0. The molecule has 0 spiro atoms. The zero-order valence-corrected chi connectivity index (χ0v) is 12.0. The molecule has 0 saturated heterocycles. The van der Waals surface area contributed by atoms with E-state index in [4.69, 9.17) is 0 Å². The molecule has 0 radical (unpaired) electrons. The summed E-state index contributed by atoms with van der Waals surface area (Å²) in [6.07, 6.45) is 1.18. The molecule has 1 aromatic heterocycles. The molecular weight excluding hydrogens is 240 g/mol. The first kappa shape index (κ1) is 13.1. The van der Waals surface area contributed by atoms with Gasteiger partial charge in [-0.2, -0.15) is 0 Å². The van der Waals surface area contributed by atoms with Crippen LogP contribution in [-0.2, 0) is 0 Å². The second-order valence-electron chi connectivity index (χ2n) is 4.71. The van der Waals surface area contributed by atoms with Gasteiger partial charge < -0.3 is 5.32 Å². The Balaban J connectivity index is 2.02. The normalized spacial score (nSPS) is 14.2. The van der Waals surface area contributed by atoms with E-state index in [0.717, 1.165) is 11.4 Å². The minimum atomic E-state index is 0.255. The molecule has 18 heavy (non-hydrogen) atoms. The number of aromatic nitrogens is 1. The minimum absolute atomic E-state index is 0.255. The van der Waals surface area contributed by atoms with Crippen molar-refractivity contribution in [1.82, 2.24) is 4.98 Å². The first-order valence-corrected chi connectivity index (χ1v) is 7.39. The van der Waals surface area contributed by atoms with Gasteiger partial charge in [-0.05, 0) is 37.0 Å². The number of nitrogens with one attached hydrogen (secondary N) is 1. The molecule has 0 fully saturated rings. The van der Waals surface area contributed by atoms with Crippen molar-refractivity contribution in [2.24, 2.45) is 0 Å². The Labute approximate surface area is 113 Å². The molecule has 0 aliphatic heterocycles. The van der Waals surface area contributed by atoms with Gasteiger partial charge in [0.2, 0.25) is 0 Å². The van der Waals surface area contributed by atoms with Crippen LogP contribution >= 0.6 is 11.3 Å². The fourth-order valence-electron chi connectivity index (χ4n) is 1.90. The molecule has 0 aliphatic carbocycles. The fraction of sp³-hybridized carbons (Fsp3) is 0.400. The summed E-state index contributed by atoms with van der Waals surface area (Å²) >= 11 is 1.64. The van der Waals surface area contributed by atoms with Crippen molar-refractivity contribution in [3.05, 3.63) is 46.4 Å². The van der Waals surface area contributed by atoms with E-state index < -0.39 is 0 Å². The Morgan fingerprint density at radius 3 is 2.50 bits per heavy atom. The molecule has 2 rings (SSSR count). The monoisotopic (exact) mass is 260 g/mol. The van der Waals surface area contributed by atoms with Crippen LogP contribution in [0.15, 0.2) is 35.2 Å². The number of benzene rings is 1. The second-order valence-corrected chi connectivity index (χ2v) is 5.43. The summed E-state index contributed by atoms with van der Waals surface area (Å²) in [6.45, 7) is 6.62. The van der Waals surface area contributed by atoms with Gasteiger partial charge in [0, 0.05) is 11.1 Å². The molecular formula is C15H20N2S. The first-order chi connectivity index (χ1) is 8.70. The van der Waals surface area contributed by atoms with Crippen LogP contribution in [0.1, 0.15) is 50.4 Å². The van der Waals surface area contributed by atoms with Gasteiger partial charge in [-0.3, -0.25) is 0 Å². The van der Waals surface area contributed by atoms with E-state index in [9.17, 15) is 0 Å². The molecule has 2 unspecified atom stereocenters. The van der Waals surface area contributed by atoms with Gasteiger partial charge in [-0.1, -0.05) is 26.0 Å². The Morgan fingerprint density at radius 1 is 1.22 bits per heavy atom. The Hall–Kier alpha value is -1.35. The Bertz CT molecular complexity index is 462. The summed E-state index contributed by atoms with van der Waals surface area (Å²) in [5.74, 6) is 0.634. The predicted molar refractivity (Wildman–Crippen MR) is 79.3 cm³/mol. The summed E-state index contributed by atoms with van der Waals surface area (Å²) in [5, 5.41) is 5.56. The largest absolute Gasteiger partial charge is 0.377 e. The summed E-state index contributed by atoms with van der Waals surface area (Å²) in [7, 11) is 0. The molecule has 1 N–H and O–H groups in total. The van der Waals surface area contributed by atoms with Gasteiger partial charge in [-0.15, -0.1) is 11.3 Å². The highest BCUT2D eigenvalue weighted by atomic mass is 32.1.